The molecule has 0 atom stereocenters. The zero-order valence-electron chi connectivity index (χ0n) is 12.6. The molecule has 0 bridgehead atoms. The summed E-state index contributed by atoms with van der Waals surface area (Å²) >= 11 is 3.33. The van der Waals surface area contributed by atoms with Crippen LogP contribution in [-0.2, 0) is 14.3 Å². The van der Waals surface area contributed by atoms with Crippen molar-refractivity contribution in [1.29, 1.82) is 0 Å². The number of benzene rings is 1. The van der Waals surface area contributed by atoms with Crippen LogP contribution in [0.1, 0.15) is 12.5 Å². The lowest BCUT2D eigenvalue weighted by Gasteiger charge is -2.09. The SMILES string of the molecule is CCOC(=O)COc1ccc(Br)cc1/C=C1/NC(=O)N(C)C1=O. The van der Waals surface area contributed by atoms with Gasteiger partial charge >= 0.3 is 12.0 Å². The summed E-state index contributed by atoms with van der Waals surface area (Å²) in [5.74, 6) is -0.532. The normalized spacial score (nSPS) is 15.8. The minimum absolute atomic E-state index is 0.136. The van der Waals surface area contributed by atoms with Gasteiger partial charge in [0.2, 0.25) is 0 Å². The molecule has 122 valence electrons. The van der Waals surface area contributed by atoms with E-state index < -0.39 is 17.9 Å². The van der Waals surface area contributed by atoms with Crippen molar-refractivity contribution in [1.82, 2.24) is 10.2 Å². The van der Waals surface area contributed by atoms with E-state index in [9.17, 15) is 14.4 Å². The van der Waals surface area contributed by atoms with Gasteiger partial charge in [-0.15, -0.1) is 0 Å². The van der Waals surface area contributed by atoms with Crippen LogP contribution < -0.4 is 10.1 Å². The Kier molecular flexibility index (Phi) is 5.38. The molecule has 2 rings (SSSR count). The van der Waals surface area contributed by atoms with E-state index in [1.165, 1.54) is 13.1 Å². The predicted molar refractivity (Wildman–Crippen MR) is 85.5 cm³/mol. The van der Waals surface area contributed by atoms with Crippen LogP contribution in [0.2, 0.25) is 0 Å². The third kappa shape index (κ3) is 4.10. The van der Waals surface area contributed by atoms with Crippen molar-refractivity contribution in [2.45, 2.75) is 6.92 Å². The van der Waals surface area contributed by atoms with Crippen LogP contribution in [0.15, 0.2) is 28.4 Å². The van der Waals surface area contributed by atoms with Gasteiger partial charge in [-0.2, -0.15) is 0 Å². The second kappa shape index (κ2) is 7.28. The van der Waals surface area contributed by atoms with Crippen molar-refractivity contribution in [3.8, 4) is 5.75 Å². The van der Waals surface area contributed by atoms with Gasteiger partial charge in [-0.1, -0.05) is 15.9 Å². The highest BCUT2D eigenvalue weighted by Crippen LogP contribution is 2.26. The van der Waals surface area contributed by atoms with Gasteiger partial charge in [0.05, 0.1) is 6.61 Å². The largest absolute Gasteiger partial charge is 0.481 e. The number of ether oxygens (including phenoxy) is 2. The molecule has 1 saturated heterocycles. The fraction of sp³-hybridized carbons (Fsp3) is 0.267. The van der Waals surface area contributed by atoms with Crippen LogP contribution in [0, 0.1) is 0 Å². The molecule has 23 heavy (non-hydrogen) atoms. The second-order valence-corrected chi connectivity index (χ2v) is 5.54. The summed E-state index contributed by atoms with van der Waals surface area (Å²) in [6, 6.07) is 4.61. The maximum Gasteiger partial charge on any atom is 0.344 e. The lowest BCUT2D eigenvalue weighted by atomic mass is 10.1. The first-order valence-corrected chi connectivity index (χ1v) is 7.60. The zero-order chi connectivity index (χ0) is 17.0. The van der Waals surface area contributed by atoms with E-state index >= 15 is 0 Å². The van der Waals surface area contributed by atoms with Crippen LogP contribution in [0.25, 0.3) is 6.08 Å². The number of carbonyl (C=O) groups excluding carboxylic acids is 3. The Morgan fingerprint density at radius 3 is 2.74 bits per heavy atom. The summed E-state index contributed by atoms with van der Waals surface area (Å²) in [6.45, 7) is 1.73. The molecule has 0 aromatic heterocycles. The highest BCUT2D eigenvalue weighted by molar-refractivity contribution is 9.10. The van der Waals surface area contributed by atoms with Gasteiger partial charge in [0.15, 0.2) is 6.61 Å². The molecule has 0 saturated carbocycles. The van der Waals surface area contributed by atoms with Crippen LogP contribution in [0.5, 0.6) is 5.75 Å². The molecule has 0 spiro atoms. The van der Waals surface area contributed by atoms with Crippen molar-refractivity contribution in [3.05, 3.63) is 33.9 Å². The summed E-state index contributed by atoms with van der Waals surface area (Å²) in [7, 11) is 1.39. The lowest BCUT2D eigenvalue weighted by Crippen LogP contribution is -2.25. The number of likely N-dealkylation sites (N-methyl/N-ethyl adjacent to an activating group) is 1. The summed E-state index contributed by atoms with van der Waals surface area (Å²) in [5, 5.41) is 2.47. The number of urea groups is 1. The molecule has 1 heterocycles. The lowest BCUT2D eigenvalue weighted by molar-refractivity contribution is -0.145. The van der Waals surface area contributed by atoms with Crippen LogP contribution >= 0.6 is 15.9 Å². The Balaban J connectivity index is 2.24. The highest BCUT2D eigenvalue weighted by Gasteiger charge is 2.30. The number of hydrogen-bond donors (Lipinski definition) is 1. The van der Waals surface area contributed by atoms with E-state index in [2.05, 4.69) is 21.2 Å². The molecule has 0 aliphatic carbocycles. The number of nitrogens with zero attached hydrogens (tertiary/aromatic N) is 1. The second-order valence-electron chi connectivity index (χ2n) is 4.63. The van der Waals surface area contributed by atoms with E-state index in [-0.39, 0.29) is 18.9 Å². The number of rotatable bonds is 5. The third-order valence-corrected chi connectivity index (χ3v) is 3.50. The van der Waals surface area contributed by atoms with Crippen molar-refractivity contribution in [2.24, 2.45) is 0 Å². The van der Waals surface area contributed by atoms with E-state index in [1.54, 1.807) is 25.1 Å². The van der Waals surface area contributed by atoms with Gasteiger partial charge in [0.1, 0.15) is 11.4 Å². The Morgan fingerprint density at radius 2 is 2.13 bits per heavy atom. The van der Waals surface area contributed by atoms with Crippen molar-refractivity contribution in [3.63, 3.8) is 0 Å². The van der Waals surface area contributed by atoms with E-state index in [1.807, 2.05) is 0 Å². The van der Waals surface area contributed by atoms with Gasteiger partial charge in [0, 0.05) is 17.1 Å². The average Bonchev–Trinajstić information content (AvgIpc) is 2.74. The molecule has 3 amide bonds. The predicted octanol–water partition coefficient (Wildman–Crippen LogP) is 1.91. The molecule has 1 aromatic rings. The third-order valence-electron chi connectivity index (χ3n) is 3.00. The van der Waals surface area contributed by atoms with E-state index in [0.717, 1.165) is 9.37 Å². The van der Waals surface area contributed by atoms with Gasteiger partial charge in [-0.05, 0) is 31.2 Å². The Hall–Kier alpha value is -2.35. The topological polar surface area (TPSA) is 84.9 Å². The van der Waals surface area contributed by atoms with Crippen molar-refractivity contribution < 1.29 is 23.9 Å². The van der Waals surface area contributed by atoms with Crippen LogP contribution in [0.3, 0.4) is 0 Å². The van der Waals surface area contributed by atoms with Gasteiger partial charge in [-0.3, -0.25) is 9.69 Å². The summed E-state index contributed by atoms with van der Waals surface area (Å²) in [5.41, 5.74) is 0.680. The van der Waals surface area contributed by atoms with Gasteiger partial charge in [0.25, 0.3) is 5.91 Å². The van der Waals surface area contributed by atoms with Crippen molar-refractivity contribution in [2.75, 3.05) is 20.3 Å². The fourth-order valence-corrected chi connectivity index (χ4v) is 2.26. The maximum absolute atomic E-state index is 11.9. The number of hydrogen-bond acceptors (Lipinski definition) is 5. The standard InChI is InChI=1S/C15H15BrN2O5/c1-3-22-13(19)8-23-12-5-4-10(16)6-9(12)7-11-14(20)18(2)15(21)17-11/h4-7H,3,8H2,1-2H3,(H,17,21)/b11-7+. The Bertz CT molecular complexity index is 686. The zero-order valence-corrected chi connectivity index (χ0v) is 14.2. The number of carbonyl (C=O) groups is 3. The molecule has 0 unspecified atom stereocenters. The number of imide groups is 1. The first kappa shape index (κ1) is 17.0. The van der Waals surface area contributed by atoms with E-state index in [0.29, 0.717) is 11.3 Å². The number of halogens is 1. The Morgan fingerprint density at radius 1 is 1.39 bits per heavy atom. The number of amides is 3. The summed E-state index contributed by atoms with van der Waals surface area (Å²) in [6.07, 6.45) is 1.50. The van der Waals surface area contributed by atoms with Gasteiger partial charge < -0.3 is 14.8 Å². The van der Waals surface area contributed by atoms with Crippen LogP contribution in [-0.4, -0.2) is 43.1 Å². The number of nitrogens with one attached hydrogen (secondary N) is 1. The Labute approximate surface area is 141 Å². The molecular formula is C15H15BrN2O5. The molecular weight excluding hydrogens is 368 g/mol. The average molecular weight is 383 g/mol. The molecule has 1 N–H and O–H groups in total. The summed E-state index contributed by atoms with van der Waals surface area (Å²) in [4.78, 5) is 35.8. The monoisotopic (exact) mass is 382 g/mol. The molecule has 7 nitrogen and oxygen atoms in total. The maximum atomic E-state index is 11.9. The first-order chi connectivity index (χ1) is 10.9. The molecule has 1 aliphatic rings. The summed E-state index contributed by atoms with van der Waals surface area (Å²) < 4.78 is 11.0. The van der Waals surface area contributed by atoms with Crippen LogP contribution in [0.4, 0.5) is 4.79 Å². The van der Waals surface area contributed by atoms with E-state index in [4.69, 9.17) is 9.47 Å². The minimum Gasteiger partial charge on any atom is -0.481 e. The molecule has 1 aliphatic heterocycles. The quantitative estimate of drug-likeness (QED) is 0.477. The fourth-order valence-electron chi connectivity index (χ4n) is 1.88. The molecule has 0 radical (unpaired) electrons. The highest BCUT2D eigenvalue weighted by atomic mass is 79.9. The van der Waals surface area contributed by atoms with Crippen molar-refractivity contribution >= 4 is 39.9 Å². The smallest absolute Gasteiger partial charge is 0.344 e. The molecule has 1 aromatic carbocycles. The molecule has 8 heteroatoms. The number of esters is 1. The minimum atomic E-state index is -0.495. The molecule has 1 fully saturated rings. The first-order valence-electron chi connectivity index (χ1n) is 6.81. The van der Waals surface area contributed by atoms with Gasteiger partial charge in [-0.25, -0.2) is 9.59 Å².